The lowest BCUT2D eigenvalue weighted by Crippen LogP contribution is -2.63. The molecule has 1 heterocycles. The standard InChI is InChI=1S/C29H41F2NO7S/c1-5-6-25-38-24-13-17(2)19-15-21(30)20-14-18(33)7-9-27(20,3)29(19,31)22(34)8-10-28(24,39-25)23(35)16-37-26(36)32-11-12-40-4/h7,9,14,17,19,21-22,24-25,34H,5-6,8,10-13,15-16H2,1-4H3,(H,32,36)/t17?,19-,21-,22-,24+,25?,27-,28+,29-/m0/s1. The van der Waals surface area contributed by atoms with Crippen molar-refractivity contribution in [2.45, 2.75) is 95.2 Å². The summed E-state index contributed by atoms with van der Waals surface area (Å²) in [4.78, 5) is 38.0. The van der Waals surface area contributed by atoms with Gasteiger partial charge in [0.1, 0.15) is 6.17 Å². The maximum absolute atomic E-state index is 17.5. The number of amides is 1. The maximum atomic E-state index is 17.5. The molecule has 1 aliphatic heterocycles. The van der Waals surface area contributed by atoms with E-state index in [-0.39, 0.29) is 31.3 Å². The number of aliphatic hydroxyl groups is 1. The Bertz CT molecular complexity index is 1060. The van der Waals surface area contributed by atoms with E-state index in [0.29, 0.717) is 18.7 Å². The fraction of sp³-hybridized carbons (Fsp3) is 0.759. The summed E-state index contributed by atoms with van der Waals surface area (Å²) in [6.07, 6.45) is 1.28. The van der Waals surface area contributed by atoms with Crippen molar-refractivity contribution in [2.24, 2.45) is 17.3 Å². The Balaban J connectivity index is 1.66. The SMILES string of the molecule is CCCC1O[C@@H]2CC(C)[C@@H]3C[C@H](F)C4=CC(=O)C=C[C@]4(C)[C@@]3(F)[C@@H](O)CC[C@]2(C(=O)COC(=O)NCCSC)O1. The van der Waals surface area contributed by atoms with E-state index in [1.165, 1.54) is 19.1 Å². The van der Waals surface area contributed by atoms with Crippen LogP contribution in [0.2, 0.25) is 0 Å². The molecule has 0 spiro atoms. The second-order valence-electron chi connectivity index (χ2n) is 11.7. The van der Waals surface area contributed by atoms with Crippen LogP contribution < -0.4 is 5.32 Å². The van der Waals surface area contributed by atoms with E-state index >= 15 is 8.78 Å². The van der Waals surface area contributed by atoms with Gasteiger partial charge in [0.25, 0.3) is 0 Å². The molecular weight excluding hydrogens is 544 g/mol. The van der Waals surface area contributed by atoms with Gasteiger partial charge in [-0.2, -0.15) is 11.8 Å². The molecule has 0 radical (unpaired) electrons. The number of ketones is 2. The molecule has 0 aromatic carbocycles. The Hall–Kier alpha value is -1.82. The summed E-state index contributed by atoms with van der Waals surface area (Å²) in [5.41, 5.74) is -5.38. The number of hydrogen-bond acceptors (Lipinski definition) is 8. The number of alkyl halides is 2. The lowest BCUT2D eigenvalue weighted by Gasteiger charge is -2.56. The van der Waals surface area contributed by atoms with Crippen molar-refractivity contribution in [1.82, 2.24) is 5.32 Å². The number of carbonyl (C=O) groups excluding carboxylic acids is 3. The van der Waals surface area contributed by atoms with E-state index in [2.05, 4.69) is 5.32 Å². The Kier molecular flexibility index (Phi) is 9.49. The molecule has 3 fully saturated rings. The average molecular weight is 586 g/mol. The molecule has 2 unspecified atom stereocenters. The third-order valence-corrected chi connectivity index (χ3v) is 9.86. The summed E-state index contributed by atoms with van der Waals surface area (Å²) in [5, 5.41) is 14.1. The molecule has 8 nitrogen and oxygen atoms in total. The van der Waals surface area contributed by atoms with Crippen LogP contribution in [0, 0.1) is 17.3 Å². The fourth-order valence-electron chi connectivity index (χ4n) is 7.07. The average Bonchev–Trinajstić information content (AvgIpc) is 3.27. The summed E-state index contributed by atoms with van der Waals surface area (Å²) >= 11 is 1.55. The van der Waals surface area contributed by atoms with Crippen LogP contribution >= 0.6 is 11.8 Å². The summed E-state index contributed by atoms with van der Waals surface area (Å²) in [6, 6.07) is 0. The van der Waals surface area contributed by atoms with Crippen LogP contribution in [-0.2, 0) is 23.8 Å². The maximum Gasteiger partial charge on any atom is 0.407 e. The van der Waals surface area contributed by atoms with Gasteiger partial charge in [-0.1, -0.05) is 26.3 Å². The predicted octanol–water partition coefficient (Wildman–Crippen LogP) is 4.24. The van der Waals surface area contributed by atoms with Gasteiger partial charge >= 0.3 is 6.09 Å². The number of alkyl carbamates (subject to hydrolysis) is 1. The van der Waals surface area contributed by atoms with Gasteiger partial charge in [-0.15, -0.1) is 0 Å². The van der Waals surface area contributed by atoms with E-state index in [4.69, 9.17) is 14.2 Å². The van der Waals surface area contributed by atoms with E-state index in [1.807, 2.05) is 13.2 Å². The van der Waals surface area contributed by atoms with Crippen molar-refractivity contribution in [3.63, 3.8) is 0 Å². The third-order valence-electron chi connectivity index (χ3n) is 9.24. The number of allylic oxidation sites excluding steroid dienone is 4. The van der Waals surface area contributed by atoms with Crippen molar-refractivity contribution >= 4 is 29.4 Å². The molecule has 1 saturated heterocycles. The van der Waals surface area contributed by atoms with Crippen LogP contribution in [0.3, 0.4) is 0 Å². The van der Waals surface area contributed by atoms with Crippen LogP contribution in [0.15, 0.2) is 23.8 Å². The van der Waals surface area contributed by atoms with Crippen LogP contribution in [0.1, 0.15) is 59.3 Å². The quantitative estimate of drug-likeness (QED) is 0.407. The largest absolute Gasteiger partial charge is 0.441 e. The molecule has 2 saturated carbocycles. The number of aliphatic hydroxyl groups excluding tert-OH is 1. The van der Waals surface area contributed by atoms with Gasteiger partial charge in [0.15, 0.2) is 29.9 Å². The minimum Gasteiger partial charge on any atom is -0.441 e. The summed E-state index contributed by atoms with van der Waals surface area (Å²) in [5.74, 6) is -1.69. The Morgan fingerprint density at radius 2 is 2.08 bits per heavy atom. The minimum absolute atomic E-state index is 0.0339. The molecule has 1 amide bonds. The number of rotatable bonds is 8. The molecule has 11 heteroatoms. The van der Waals surface area contributed by atoms with Crippen molar-refractivity contribution < 1.29 is 42.5 Å². The van der Waals surface area contributed by atoms with E-state index in [1.54, 1.807) is 18.7 Å². The smallest absolute Gasteiger partial charge is 0.407 e. The zero-order chi connectivity index (χ0) is 29.3. The molecule has 4 aliphatic rings. The molecular formula is C29H41F2NO7S. The minimum atomic E-state index is -2.31. The van der Waals surface area contributed by atoms with Gasteiger partial charge in [0, 0.05) is 23.6 Å². The topological polar surface area (TPSA) is 111 Å². The lowest BCUT2D eigenvalue weighted by molar-refractivity contribution is -0.158. The van der Waals surface area contributed by atoms with Gasteiger partial charge in [0.05, 0.1) is 12.2 Å². The molecule has 0 aromatic rings. The summed E-state index contributed by atoms with van der Waals surface area (Å²) in [6.45, 7) is 5.08. The first kappa shape index (κ1) is 31.1. The van der Waals surface area contributed by atoms with Crippen molar-refractivity contribution in [1.29, 1.82) is 0 Å². The molecule has 4 rings (SSSR count). The highest BCUT2D eigenvalue weighted by molar-refractivity contribution is 7.98. The Labute approximate surface area is 238 Å². The monoisotopic (exact) mass is 585 g/mol. The number of carbonyl (C=O) groups is 3. The second-order valence-corrected chi connectivity index (χ2v) is 12.6. The zero-order valence-electron chi connectivity index (χ0n) is 23.6. The number of ether oxygens (including phenoxy) is 3. The second kappa shape index (κ2) is 12.2. The number of Topliss-reactive ketones (excluding diaryl/α,β-unsaturated/α-hetero) is 1. The Morgan fingerprint density at radius 1 is 1.32 bits per heavy atom. The first-order valence-electron chi connectivity index (χ1n) is 14.1. The first-order valence-corrected chi connectivity index (χ1v) is 15.5. The van der Waals surface area contributed by atoms with E-state index in [9.17, 15) is 19.5 Å². The highest BCUT2D eigenvalue weighted by atomic mass is 32.2. The third kappa shape index (κ3) is 5.39. The van der Waals surface area contributed by atoms with Gasteiger partial charge in [-0.3, -0.25) is 9.59 Å². The van der Waals surface area contributed by atoms with Crippen LogP contribution in [0.4, 0.5) is 13.6 Å². The highest BCUT2D eigenvalue weighted by Crippen LogP contribution is 2.61. The number of halogens is 2. The molecule has 0 bridgehead atoms. The van der Waals surface area contributed by atoms with Crippen molar-refractivity contribution in [2.75, 3.05) is 25.2 Å². The predicted molar refractivity (Wildman–Crippen MR) is 146 cm³/mol. The van der Waals surface area contributed by atoms with Gasteiger partial charge in [-0.05, 0) is 68.9 Å². The number of hydrogen-bond donors (Lipinski definition) is 2. The zero-order valence-corrected chi connectivity index (χ0v) is 24.4. The van der Waals surface area contributed by atoms with Crippen LogP contribution in [0.5, 0.6) is 0 Å². The summed E-state index contributed by atoms with van der Waals surface area (Å²) in [7, 11) is 0. The molecule has 224 valence electrons. The normalized spacial score (nSPS) is 41.0. The van der Waals surface area contributed by atoms with Gasteiger partial charge in [-0.25, -0.2) is 13.6 Å². The van der Waals surface area contributed by atoms with Crippen LogP contribution in [-0.4, -0.2) is 83.9 Å². The molecule has 9 atom stereocenters. The summed E-state index contributed by atoms with van der Waals surface area (Å²) < 4.78 is 50.8. The van der Waals surface area contributed by atoms with Gasteiger partial charge in [0.2, 0.25) is 5.78 Å². The van der Waals surface area contributed by atoms with Crippen molar-refractivity contribution in [3.05, 3.63) is 23.8 Å². The molecule has 3 aliphatic carbocycles. The molecule has 40 heavy (non-hydrogen) atoms. The van der Waals surface area contributed by atoms with E-state index in [0.717, 1.165) is 12.5 Å². The number of nitrogens with one attached hydrogen (secondary N) is 1. The Morgan fingerprint density at radius 3 is 2.77 bits per heavy atom. The van der Waals surface area contributed by atoms with Crippen LogP contribution in [0.25, 0.3) is 0 Å². The first-order chi connectivity index (χ1) is 18.9. The van der Waals surface area contributed by atoms with Crippen molar-refractivity contribution in [3.8, 4) is 0 Å². The van der Waals surface area contributed by atoms with Gasteiger partial charge < -0.3 is 24.6 Å². The molecule has 0 aromatic heterocycles. The van der Waals surface area contributed by atoms with E-state index < -0.39 is 77.5 Å². The number of thioether (sulfide) groups is 1. The molecule has 2 N–H and O–H groups in total. The lowest BCUT2D eigenvalue weighted by atomic mass is 9.51. The number of fused-ring (bicyclic) bond motifs is 4. The highest BCUT2D eigenvalue weighted by Gasteiger charge is 2.67. The fourth-order valence-corrected chi connectivity index (χ4v) is 7.38.